The van der Waals surface area contributed by atoms with E-state index in [0.717, 1.165) is 36.0 Å². The first-order chi connectivity index (χ1) is 17.2. The van der Waals surface area contributed by atoms with E-state index in [4.69, 9.17) is 19.2 Å². The molecule has 188 valence electrons. The van der Waals surface area contributed by atoms with E-state index in [9.17, 15) is 14.4 Å². The largest absolute Gasteiger partial charge is 0.469 e. The summed E-state index contributed by atoms with van der Waals surface area (Å²) in [7, 11) is 1.35. The lowest BCUT2D eigenvalue weighted by molar-refractivity contribution is -0.193. The van der Waals surface area contributed by atoms with E-state index >= 15 is 0 Å². The second-order valence-corrected chi connectivity index (χ2v) is 9.09. The number of esters is 1. The summed E-state index contributed by atoms with van der Waals surface area (Å²) >= 11 is 0. The van der Waals surface area contributed by atoms with Crippen LogP contribution in [0.3, 0.4) is 0 Å². The molecule has 2 aromatic carbocycles. The maximum Gasteiger partial charge on any atom is 0.373 e. The second kappa shape index (κ2) is 13.2. The Hall–Kier alpha value is -3.99. The number of ether oxygens (including phenoxy) is 1. The van der Waals surface area contributed by atoms with Crippen molar-refractivity contribution in [2.45, 2.75) is 51.9 Å². The molecule has 36 heavy (non-hydrogen) atoms. The lowest BCUT2D eigenvalue weighted by Crippen LogP contribution is -2.15. The number of Topliss-reactive ketones (excluding diaryl/α,β-unsaturated/α-hetero) is 2. The molecule has 8 heteroatoms. The van der Waals surface area contributed by atoms with Crippen LogP contribution in [0.15, 0.2) is 36.4 Å². The molecule has 3 atom stereocenters. The van der Waals surface area contributed by atoms with Gasteiger partial charge in [0.2, 0.25) is 0 Å². The summed E-state index contributed by atoms with van der Waals surface area (Å²) in [4.78, 5) is 67.0. The van der Waals surface area contributed by atoms with Crippen LogP contribution in [-0.4, -0.2) is 36.9 Å². The highest BCUT2D eigenvalue weighted by atomic mass is 16.5. The zero-order valence-corrected chi connectivity index (χ0v) is 20.5. The van der Waals surface area contributed by atoms with Crippen LogP contribution in [0.1, 0.15) is 63.4 Å². The molecule has 0 radical (unpaired) electrons. The molecular formula is C28H28O8. The Bertz CT molecular complexity index is 1190. The maximum absolute atomic E-state index is 12.0. The third-order valence-electron chi connectivity index (χ3n) is 6.70. The molecule has 3 aliphatic carbocycles. The van der Waals surface area contributed by atoms with Crippen molar-refractivity contribution < 1.29 is 38.3 Å². The molecule has 3 unspecified atom stereocenters. The second-order valence-electron chi connectivity index (χ2n) is 9.09. The zero-order chi connectivity index (χ0) is 26.8. The van der Waals surface area contributed by atoms with Gasteiger partial charge in [-0.15, -0.1) is 0 Å². The summed E-state index contributed by atoms with van der Waals surface area (Å²) in [6, 6.07) is 12.6. The molecule has 0 aliphatic heterocycles. The van der Waals surface area contributed by atoms with Crippen LogP contribution in [0.25, 0.3) is 0 Å². The van der Waals surface area contributed by atoms with Crippen LogP contribution in [0.4, 0.5) is 0 Å². The van der Waals surface area contributed by atoms with Crippen LogP contribution in [0.2, 0.25) is 0 Å². The quantitative estimate of drug-likeness (QED) is 0.584. The molecule has 3 aliphatic rings. The van der Waals surface area contributed by atoms with Crippen molar-refractivity contribution >= 4 is 29.8 Å². The highest BCUT2D eigenvalue weighted by Gasteiger charge is 2.39. The lowest BCUT2D eigenvalue weighted by Gasteiger charge is -2.08. The van der Waals surface area contributed by atoms with E-state index in [1.165, 1.54) is 23.8 Å². The van der Waals surface area contributed by atoms with Crippen LogP contribution < -0.4 is 0 Å². The molecule has 2 aromatic rings. The Labute approximate surface area is 209 Å². The van der Waals surface area contributed by atoms with Crippen LogP contribution in [-0.2, 0) is 46.3 Å². The summed E-state index contributed by atoms with van der Waals surface area (Å²) in [5.74, 6) is 1.17. The molecule has 1 fully saturated rings. The lowest BCUT2D eigenvalue weighted by atomic mass is 9.95. The van der Waals surface area contributed by atoms with Gasteiger partial charge in [-0.2, -0.15) is 19.2 Å². The van der Waals surface area contributed by atoms with E-state index in [0.29, 0.717) is 24.0 Å². The highest BCUT2D eigenvalue weighted by Crippen LogP contribution is 2.46. The van der Waals surface area contributed by atoms with Gasteiger partial charge in [0.05, 0.1) is 13.5 Å². The molecular weight excluding hydrogens is 464 g/mol. The number of hydrogen-bond donors (Lipinski definition) is 0. The van der Waals surface area contributed by atoms with Gasteiger partial charge >= 0.3 is 18.3 Å². The van der Waals surface area contributed by atoms with E-state index < -0.39 is 0 Å². The number of hydrogen-bond acceptors (Lipinski definition) is 8. The average Bonchev–Trinajstić information content (AvgIpc) is 3.46. The van der Waals surface area contributed by atoms with Gasteiger partial charge in [-0.1, -0.05) is 41.5 Å². The molecule has 1 saturated carbocycles. The number of ketones is 2. The maximum atomic E-state index is 12.0. The molecule has 0 N–H and O–H groups in total. The van der Waals surface area contributed by atoms with Gasteiger partial charge in [-0.25, -0.2) is 0 Å². The minimum absolute atomic E-state index is 0.0732. The number of carbonyl (C=O) groups excluding carboxylic acids is 7. The fourth-order valence-electron chi connectivity index (χ4n) is 5.16. The van der Waals surface area contributed by atoms with Crippen molar-refractivity contribution in [3.8, 4) is 0 Å². The first kappa shape index (κ1) is 28.2. The predicted molar refractivity (Wildman–Crippen MR) is 125 cm³/mol. The number of carbonyl (C=O) groups is 3. The van der Waals surface area contributed by atoms with Crippen molar-refractivity contribution in [3.05, 3.63) is 69.8 Å². The third-order valence-corrected chi connectivity index (χ3v) is 6.70. The fraction of sp³-hybridized carbons (Fsp3) is 0.393. The van der Waals surface area contributed by atoms with Crippen molar-refractivity contribution in [2.24, 2.45) is 11.8 Å². The van der Waals surface area contributed by atoms with Crippen LogP contribution in [0, 0.1) is 25.7 Å². The molecule has 0 saturated heterocycles. The third kappa shape index (κ3) is 7.01. The molecule has 0 bridgehead atoms. The number of rotatable bonds is 2. The van der Waals surface area contributed by atoms with E-state index in [1.807, 2.05) is 25.1 Å². The predicted octanol–water partition coefficient (Wildman–Crippen LogP) is 3.36. The van der Waals surface area contributed by atoms with E-state index in [2.05, 4.69) is 29.9 Å². The summed E-state index contributed by atoms with van der Waals surface area (Å²) in [6.07, 6.45) is 4.08. The zero-order valence-electron chi connectivity index (χ0n) is 20.5. The van der Waals surface area contributed by atoms with Crippen LogP contribution in [0.5, 0.6) is 0 Å². The van der Waals surface area contributed by atoms with Gasteiger partial charge in [0.1, 0.15) is 5.78 Å². The molecule has 0 aromatic heterocycles. The Balaban J connectivity index is 0.000000209. The fourth-order valence-corrected chi connectivity index (χ4v) is 5.16. The average molecular weight is 493 g/mol. The van der Waals surface area contributed by atoms with Crippen molar-refractivity contribution in [2.75, 3.05) is 7.11 Å². The summed E-state index contributed by atoms with van der Waals surface area (Å²) < 4.78 is 4.59. The van der Waals surface area contributed by atoms with Gasteiger partial charge in [-0.3, -0.25) is 14.4 Å². The van der Waals surface area contributed by atoms with Crippen LogP contribution >= 0.6 is 0 Å². The number of methoxy groups -OCH3 is 1. The van der Waals surface area contributed by atoms with Gasteiger partial charge in [-0.05, 0) is 61.3 Å². The van der Waals surface area contributed by atoms with E-state index in [-0.39, 0.29) is 36.4 Å². The summed E-state index contributed by atoms with van der Waals surface area (Å²) in [6.45, 7) is 4.09. The Kier molecular flexibility index (Phi) is 10.4. The monoisotopic (exact) mass is 492 g/mol. The van der Waals surface area contributed by atoms with Gasteiger partial charge in [0, 0.05) is 24.3 Å². The molecule has 8 nitrogen and oxygen atoms in total. The SMILES string of the molecule is COC(=O)CC1Cc2ccc(C)cc2C1=O.Cc1ccc2c(c1)C1CC(=O)CC1C2.O=C=O.O=C=O. The number of fused-ring (bicyclic) bond motifs is 4. The van der Waals surface area contributed by atoms with Crippen molar-refractivity contribution in [3.63, 3.8) is 0 Å². The first-order valence-electron chi connectivity index (χ1n) is 11.5. The van der Waals surface area contributed by atoms with E-state index in [1.54, 1.807) is 0 Å². The van der Waals surface area contributed by atoms with Gasteiger partial charge < -0.3 is 4.74 Å². The Morgan fingerprint density at radius 1 is 0.861 bits per heavy atom. The summed E-state index contributed by atoms with van der Waals surface area (Å²) in [5, 5.41) is 0. The van der Waals surface area contributed by atoms with Gasteiger partial charge in [0.15, 0.2) is 5.78 Å². The number of aryl methyl sites for hydroxylation is 2. The van der Waals surface area contributed by atoms with Crippen molar-refractivity contribution in [1.82, 2.24) is 0 Å². The van der Waals surface area contributed by atoms with Crippen molar-refractivity contribution in [1.29, 1.82) is 0 Å². The highest BCUT2D eigenvalue weighted by molar-refractivity contribution is 6.03. The van der Waals surface area contributed by atoms with Gasteiger partial charge in [0.25, 0.3) is 0 Å². The standard InChI is InChI=1S/C13H14O3.C13H14O.2CO2/c1-8-3-4-9-6-10(7-12(14)16-2)13(15)11(9)5-8;1-8-2-3-9-5-10-6-11(14)7-13(10)12(9)4-8;2*2-1-3/h3-5,10H,6-7H2,1-2H3;2-4,10,13H,5-7H2,1H3;;. The molecule has 0 heterocycles. The minimum Gasteiger partial charge on any atom is -0.469 e. The normalized spacial score (nSPS) is 19.9. The smallest absolute Gasteiger partial charge is 0.373 e. The summed E-state index contributed by atoms with van der Waals surface area (Å²) in [5.41, 5.74) is 7.16. The topological polar surface area (TPSA) is 129 Å². The molecule has 5 rings (SSSR count). The number of benzene rings is 2. The minimum atomic E-state index is -0.317. The Morgan fingerprint density at radius 3 is 2.06 bits per heavy atom. The first-order valence-corrected chi connectivity index (χ1v) is 11.5. The molecule has 0 amide bonds. The Morgan fingerprint density at radius 2 is 1.44 bits per heavy atom. The molecule has 0 spiro atoms.